The van der Waals surface area contributed by atoms with Gasteiger partial charge in [0.2, 0.25) is 0 Å². The minimum absolute atomic E-state index is 0.0704. The molecule has 1 amide bonds. The maximum atomic E-state index is 12.2. The zero-order valence-electron chi connectivity index (χ0n) is 15.1. The average molecular weight is 356 g/mol. The Kier molecular flexibility index (Phi) is 5.25. The minimum Gasteiger partial charge on any atom is -0.478 e. The van der Waals surface area contributed by atoms with Crippen molar-refractivity contribution in [2.75, 3.05) is 18.0 Å². The molecule has 7 nitrogen and oxygen atoms in total. The normalized spacial score (nSPS) is 17.2. The highest BCUT2D eigenvalue weighted by atomic mass is 16.4. The Morgan fingerprint density at radius 3 is 2.69 bits per heavy atom. The van der Waals surface area contributed by atoms with Gasteiger partial charge in [0.15, 0.2) is 5.69 Å². The average Bonchev–Trinajstić information content (AvgIpc) is 3.02. The topological polar surface area (TPSA) is 87.5 Å². The highest BCUT2D eigenvalue weighted by molar-refractivity contribution is 6.03. The molecule has 7 heteroatoms. The van der Waals surface area contributed by atoms with Gasteiger partial charge >= 0.3 is 5.97 Å². The summed E-state index contributed by atoms with van der Waals surface area (Å²) in [6.45, 7) is 4.76. The first-order valence-corrected chi connectivity index (χ1v) is 8.83. The van der Waals surface area contributed by atoms with E-state index < -0.39 is 11.9 Å². The quantitative estimate of drug-likeness (QED) is 0.858. The van der Waals surface area contributed by atoms with E-state index >= 15 is 0 Å². The van der Waals surface area contributed by atoms with Gasteiger partial charge < -0.3 is 15.3 Å². The molecule has 26 heavy (non-hydrogen) atoms. The number of hydrogen-bond donors (Lipinski definition) is 2. The SMILES string of the molecule is C[C@@H]1CCCN(c2ccc(CNC(=O)c3nn(C)cc3C(=O)O)cc2)C1. The van der Waals surface area contributed by atoms with Crippen molar-refractivity contribution < 1.29 is 14.7 Å². The third-order valence-electron chi connectivity index (χ3n) is 4.69. The summed E-state index contributed by atoms with van der Waals surface area (Å²) in [5, 5.41) is 15.8. The standard InChI is InChI=1S/C19H24N4O3/c1-13-4-3-9-23(11-13)15-7-5-14(6-8-15)10-20-18(24)17-16(19(25)26)12-22(2)21-17/h5-8,12-13H,3-4,9-11H2,1-2H3,(H,20,24)(H,25,26)/t13-/m1/s1. The van der Waals surface area contributed by atoms with Crippen LogP contribution in [0.25, 0.3) is 0 Å². The first kappa shape index (κ1) is 18.0. The number of anilines is 1. The van der Waals surface area contributed by atoms with Crippen LogP contribution in [0.4, 0.5) is 5.69 Å². The lowest BCUT2D eigenvalue weighted by Crippen LogP contribution is -2.34. The highest BCUT2D eigenvalue weighted by Gasteiger charge is 2.21. The van der Waals surface area contributed by atoms with Crippen molar-refractivity contribution in [1.29, 1.82) is 0 Å². The lowest BCUT2D eigenvalue weighted by atomic mass is 9.99. The molecule has 1 aromatic heterocycles. The molecule has 1 fully saturated rings. The minimum atomic E-state index is -1.16. The van der Waals surface area contributed by atoms with E-state index in [4.69, 9.17) is 5.11 Å². The summed E-state index contributed by atoms with van der Waals surface area (Å²) >= 11 is 0. The van der Waals surface area contributed by atoms with E-state index in [-0.39, 0.29) is 11.3 Å². The number of amides is 1. The van der Waals surface area contributed by atoms with Gasteiger partial charge in [-0.2, -0.15) is 5.10 Å². The number of carbonyl (C=O) groups is 2. The number of nitrogens with zero attached hydrogens (tertiary/aromatic N) is 3. The second-order valence-electron chi connectivity index (χ2n) is 6.91. The van der Waals surface area contributed by atoms with Gasteiger partial charge in [0.05, 0.1) is 0 Å². The zero-order valence-corrected chi connectivity index (χ0v) is 15.1. The highest BCUT2D eigenvalue weighted by Crippen LogP contribution is 2.23. The molecular formula is C19H24N4O3. The third-order valence-corrected chi connectivity index (χ3v) is 4.69. The van der Waals surface area contributed by atoms with Crippen LogP contribution in [0.3, 0.4) is 0 Å². The molecule has 0 saturated carbocycles. The number of benzene rings is 1. The third kappa shape index (κ3) is 4.04. The van der Waals surface area contributed by atoms with Crippen molar-refractivity contribution >= 4 is 17.6 Å². The van der Waals surface area contributed by atoms with Crippen LogP contribution in [0.5, 0.6) is 0 Å². The summed E-state index contributed by atoms with van der Waals surface area (Å²) < 4.78 is 1.33. The van der Waals surface area contributed by atoms with Crippen LogP contribution in [0.2, 0.25) is 0 Å². The number of hydrogen-bond acceptors (Lipinski definition) is 4. The maximum Gasteiger partial charge on any atom is 0.339 e. The number of aromatic nitrogens is 2. The van der Waals surface area contributed by atoms with Crippen LogP contribution in [0.1, 0.15) is 46.2 Å². The number of aryl methyl sites for hydroxylation is 1. The summed E-state index contributed by atoms with van der Waals surface area (Å²) in [6.07, 6.45) is 3.83. The van der Waals surface area contributed by atoms with Crippen LogP contribution in [0.15, 0.2) is 30.5 Å². The molecule has 0 aliphatic carbocycles. The number of carboxylic acids is 1. The van der Waals surface area contributed by atoms with Gasteiger partial charge in [-0.25, -0.2) is 4.79 Å². The van der Waals surface area contributed by atoms with E-state index in [1.54, 1.807) is 7.05 Å². The number of rotatable bonds is 5. The molecule has 2 aromatic rings. The van der Waals surface area contributed by atoms with Crippen molar-refractivity contribution in [3.8, 4) is 0 Å². The Bertz CT molecular complexity index is 798. The molecule has 2 N–H and O–H groups in total. The van der Waals surface area contributed by atoms with Crippen molar-refractivity contribution in [2.45, 2.75) is 26.3 Å². The summed E-state index contributed by atoms with van der Waals surface area (Å²) in [4.78, 5) is 25.8. The van der Waals surface area contributed by atoms with Crippen LogP contribution in [-0.2, 0) is 13.6 Å². The Hall–Kier alpha value is -2.83. The molecule has 3 rings (SSSR count). The zero-order chi connectivity index (χ0) is 18.7. The number of nitrogens with one attached hydrogen (secondary N) is 1. The Morgan fingerprint density at radius 1 is 1.31 bits per heavy atom. The van der Waals surface area contributed by atoms with Gasteiger partial charge in [-0.05, 0) is 36.5 Å². The molecule has 1 aliphatic rings. The number of carbonyl (C=O) groups excluding carboxylic acids is 1. The van der Waals surface area contributed by atoms with Gasteiger partial charge in [0, 0.05) is 38.6 Å². The van der Waals surface area contributed by atoms with E-state index in [1.165, 1.54) is 29.4 Å². The largest absolute Gasteiger partial charge is 0.478 e. The van der Waals surface area contributed by atoms with E-state index in [2.05, 4.69) is 34.4 Å². The molecule has 0 radical (unpaired) electrons. The van der Waals surface area contributed by atoms with Crippen molar-refractivity contribution in [2.24, 2.45) is 13.0 Å². The van der Waals surface area contributed by atoms with Crippen molar-refractivity contribution in [1.82, 2.24) is 15.1 Å². The summed E-state index contributed by atoms with van der Waals surface area (Å²) in [5.74, 6) is -0.940. The smallest absolute Gasteiger partial charge is 0.339 e. The molecule has 0 spiro atoms. The van der Waals surface area contributed by atoms with Crippen LogP contribution < -0.4 is 10.2 Å². The molecular weight excluding hydrogens is 332 g/mol. The van der Waals surface area contributed by atoms with Crippen LogP contribution in [0, 0.1) is 5.92 Å². The van der Waals surface area contributed by atoms with Gasteiger partial charge in [-0.1, -0.05) is 19.1 Å². The molecule has 0 unspecified atom stereocenters. The van der Waals surface area contributed by atoms with Crippen LogP contribution in [-0.4, -0.2) is 39.9 Å². The monoisotopic (exact) mass is 356 g/mol. The summed E-state index contributed by atoms with van der Waals surface area (Å²) in [7, 11) is 1.59. The second kappa shape index (κ2) is 7.59. The van der Waals surface area contributed by atoms with Gasteiger partial charge in [-0.3, -0.25) is 9.48 Å². The summed E-state index contributed by atoms with van der Waals surface area (Å²) in [6, 6.07) is 8.13. The van der Waals surface area contributed by atoms with Crippen molar-refractivity contribution in [3.63, 3.8) is 0 Å². The van der Waals surface area contributed by atoms with Crippen molar-refractivity contribution in [3.05, 3.63) is 47.3 Å². The number of carboxylic acid groups (broad SMARTS) is 1. The Labute approximate surface area is 152 Å². The lowest BCUT2D eigenvalue weighted by Gasteiger charge is -2.32. The van der Waals surface area contributed by atoms with E-state index in [9.17, 15) is 9.59 Å². The predicted molar refractivity (Wildman–Crippen MR) is 98.4 cm³/mol. The maximum absolute atomic E-state index is 12.2. The lowest BCUT2D eigenvalue weighted by molar-refractivity contribution is 0.0691. The molecule has 0 bridgehead atoms. The molecule has 1 aromatic carbocycles. The Morgan fingerprint density at radius 2 is 2.04 bits per heavy atom. The number of piperidine rings is 1. The first-order valence-electron chi connectivity index (χ1n) is 8.83. The Balaban J connectivity index is 1.61. The molecule has 2 heterocycles. The molecule has 1 aliphatic heterocycles. The van der Waals surface area contributed by atoms with Gasteiger partial charge in [-0.15, -0.1) is 0 Å². The molecule has 138 valence electrons. The van der Waals surface area contributed by atoms with E-state index in [1.807, 2.05) is 12.1 Å². The van der Waals surface area contributed by atoms with Gasteiger partial charge in [0.1, 0.15) is 5.56 Å². The second-order valence-corrected chi connectivity index (χ2v) is 6.91. The fourth-order valence-corrected chi connectivity index (χ4v) is 3.33. The van der Waals surface area contributed by atoms with Gasteiger partial charge in [0.25, 0.3) is 5.91 Å². The van der Waals surface area contributed by atoms with E-state index in [0.29, 0.717) is 12.5 Å². The summed E-state index contributed by atoms with van der Waals surface area (Å²) in [5.41, 5.74) is 1.99. The molecule has 1 saturated heterocycles. The fraction of sp³-hybridized carbons (Fsp3) is 0.421. The molecule has 1 atom stereocenters. The predicted octanol–water partition coefficient (Wildman–Crippen LogP) is 2.28. The first-order chi connectivity index (χ1) is 12.4. The van der Waals surface area contributed by atoms with E-state index in [0.717, 1.165) is 18.7 Å². The van der Waals surface area contributed by atoms with Crippen LogP contribution >= 0.6 is 0 Å². The number of aromatic carboxylic acids is 1. The fourth-order valence-electron chi connectivity index (χ4n) is 3.33.